The predicted molar refractivity (Wildman–Crippen MR) is 96.3 cm³/mol. The first kappa shape index (κ1) is 17.1. The van der Waals surface area contributed by atoms with Gasteiger partial charge in [-0.2, -0.15) is 11.8 Å². The van der Waals surface area contributed by atoms with Gasteiger partial charge in [-0.3, -0.25) is 0 Å². The van der Waals surface area contributed by atoms with Crippen molar-refractivity contribution in [3.63, 3.8) is 0 Å². The molecule has 4 aliphatic rings. The van der Waals surface area contributed by atoms with Crippen LogP contribution < -0.4 is 5.32 Å². The van der Waals surface area contributed by atoms with Gasteiger partial charge in [0.15, 0.2) is 0 Å². The molecule has 0 aromatic rings. The summed E-state index contributed by atoms with van der Waals surface area (Å²) in [6, 6.07) is 1.07. The van der Waals surface area contributed by atoms with Crippen molar-refractivity contribution < 1.29 is 5.11 Å². The molecule has 2 nitrogen and oxygen atoms in total. The summed E-state index contributed by atoms with van der Waals surface area (Å²) in [7, 11) is 0. The van der Waals surface area contributed by atoms with Gasteiger partial charge < -0.3 is 10.4 Å². The summed E-state index contributed by atoms with van der Waals surface area (Å²) in [4.78, 5) is 0. The first-order valence-corrected chi connectivity index (χ1v) is 10.4. The zero-order valence-corrected chi connectivity index (χ0v) is 15.9. The van der Waals surface area contributed by atoms with Crippen LogP contribution in [0.4, 0.5) is 0 Å². The number of hydrogen-bond acceptors (Lipinski definition) is 3. The summed E-state index contributed by atoms with van der Waals surface area (Å²) in [5.41, 5.74) is 0.0262. The second kappa shape index (κ2) is 5.67. The lowest BCUT2D eigenvalue weighted by atomic mass is 9.46. The van der Waals surface area contributed by atoms with E-state index in [0.717, 1.165) is 31.1 Å². The molecular formula is C19H35NOS. The van der Waals surface area contributed by atoms with E-state index in [-0.39, 0.29) is 5.60 Å². The van der Waals surface area contributed by atoms with E-state index >= 15 is 0 Å². The van der Waals surface area contributed by atoms with Crippen molar-refractivity contribution in [3.05, 3.63) is 0 Å². The van der Waals surface area contributed by atoms with E-state index in [1.807, 2.05) is 11.8 Å². The highest BCUT2D eigenvalue weighted by molar-refractivity contribution is 7.99. The molecule has 4 atom stereocenters. The van der Waals surface area contributed by atoms with Gasteiger partial charge >= 0.3 is 0 Å². The van der Waals surface area contributed by atoms with Crippen LogP contribution >= 0.6 is 11.8 Å². The molecule has 128 valence electrons. The van der Waals surface area contributed by atoms with Gasteiger partial charge in [-0.05, 0) is 82.3 Å². The van der Waals surface area contributed by atoms with Crippen molar-refractivity contribution in [2.45, 2.75) is 95.1 Å². The maximum absolute atomic E-state index is 10.9. The van der Waals surface area contributed by atoms with Crippen molar-refractivity contribution in [1.29, 1.82) is 0 Å². The minimum atomic E-state index is -0.332. The van der Waals surface area contributed by atoms with Gasteiger partial charge in [0.05, 0.1) is 5.60 Å². The Labute approximate surface area is 141 Å². The van der Waals surface area contributed by atoms with Crippen LogP contribution in [0.3, 0.4) is 0 Å². The summed E-state index contributed by atoms with van der Waals surface area (Å²) >= 11 is 1.96. The average Bonchev–Trinajstić information content (AvgIpc) is 2.34. The van der Waals surface area contributed by atoms with E-state index in [0.29, 0.717) is 22.2 Å². The molecule has 2 N–H and O–H groups in total. The third-order valence-electron chi connectivity index (χ3n) is 6.88. The molecule has 4 aliphatic carbocycles. The van der Waals surface area contributed by atoms with E-state index in [4.69, 9.17) is 0 Å². The fraction of sp³-hybridized carbons (Fsp3) is 1.00. The molecule has 0 unspecified atom stereocenters. The van der Waals surface area contributed by atoms with Gasteiger partial charge in [-0.15, -0.1) is 0 Å². The van der Waals surface area contributed by atoms with Crippen molar-refractivity contribution in [3.8, 4) is 0 Å². The summed E-state index contributed by atoms with van der Waals surface area (Å²) < 4.78 is 0.339. The van der Waals surface area contributed by atoms with E-state index in [9.17, 15) is 5.11 Å². The lowest BCUT2D eigenvalue weighted by Crippen LogP contribution is -2.62. The van der Waals surface area contributed by atoms with E-state index in [1.54, 1.807) is 0 Å². The summed E-state index contributed by atoms with van der Waals surface area (Å²) in [6.45, 7) is 9.41. The van der Waals surface area contributed by atoms with Crippen LogP contribution in [0, 0.1) is 17.3 Å². The average molecular weight is 326 g/mol. The van der Waals surface area contributed by atoms with Crippen LogP contribution in [0.15, 0.2) is 0 Å². The Morgan fingerprint density at radius 2 is 1.77 bits per heavy atom. The van der Waals surface area contributed by atoms with Crippen LogP contribution in [-0.4, -0.2) is 33.8 Å². The highest BCUT2D eigenvalue weighted by Gasteiger charge is 2.58. The van der Waals surface area contributed by atoms with Gasteiger partial charge in [0.1, 0.15) is 0 Å². The van der Waals surface area contributed by atoms with Crippen LogP contribution in [0.1, 0.15) is 72.6 Å². The summed E-state index contributed by atoms with van der Waals surface area (Å²) in [6.07, 6.45) is 10.7. The van der Waals surface area contributed by atoms with Crippen molar-refractivity contribution in [1.82, 2.24) is 5.32 Å². The first-order valence-electron chi connectivity index (χ1n) is 9.19. The molecular weight excluding hydrogens is 290 g/mol. The highest BCUT2D eigenvalue weighted by Crippen LogP contribution is 2.62. The molecule has 0 spiro atoms. The second-order valence-corrected chi connectivity index (χ2v) is 11.0. The van der Waals surface area contributed by atoms with E-state index in [2.05, 4.69) is 39.3 Å². The molecule has 0 radical (unpaired) electrons. The Bertz CT molecular complexity index is 408. The fourth-order valence-electron chi connectivity index (χ4n) is 6.27. The molecule has 3 heteroatoms. The Morgan fingerprint density at radius 3 is 2.27 bits per heavy atom. The van der Waals surface area contributed by atoms with Crippen LogP contribution in [0.5, 0.6) is 0 Å². The van der Waals surface area contributed by atoms with Gasteiger partial charge in [-0.1, -0.05) is 13.8 Å². The maximum atomic E-state index is 10.9. The lowest BCUT2D eigenvalue weighted by Gasteiger charge is -2.62. The number of nitrogens with one attached hydrogen (secondary N) is 1. The Hall–Kier alpha value is 0.270. The van der Waals surface area contributed by atoms with Crippen molar-refractivity contribution in [2.75, 3.05) is 6.26 Å². The zero-order chi connectivity index (χ0) is 16.2. The van der Waals surface area contributed by atoms with Crippen molar-refractivity contribution >= 4 is 11.8 Å². The van der Waals surface area contributed by atoms with Gasteiger partial charge in [0.25, 0.3) is 0 Å². The van der Waals surface area contributed by atoms with Gasteiger partial charge in [-0.25, -0.2) is 0 Å². The lowest BCUT2D eigenvalue weighted by molar-refractivity contribution is -0.172. The third-order valence-corrected chi connectivity index (χ3v) is 8.15. The first-order chi connectivity index (χ1) is 10.2. The standard InChI is InChI=1S/C19H35NOS/c1-13(7-17(3,4)22-5)20-14(2)18-8-15-6-16(9-18)11-19(21,10-15)12-18/h13-16,20-21H,6-12H2,1-5H3/t13-,14-,15-,16-,18?,19?/m0/s1. The number of thioether (sulfide) groups is 1. The van der Waals surface area contributed by atoms with Crippen LogP contribution in [-0.2, 0) is 0 Å². The summed E-state index contributed by atoms with van der Waals surface area (Å²) in [5.74, 6) is 1.57. The highest BCUT2D eigenvalue weighted by atomic mass is 32.2. The zero-order valence-electron chi connectivity index (χ0n) is 15.1. The largest absolute Gasteiger partial charge is 0.390 e. The molecule has 0 aliphatic heterocycles. The third kappa shape index (κ3) is 3.23. The van der Waals surface area contributed by atoms with E-state index < -0.39 is 0 Å². The molecule has 4 saturated carbocycles. The number of rotatable bonds is 6. The minimum absolute atomic E-state index is 0.332. The Kier molecular flexibility index (Phi) is 4.41. The number of aliphatic hydroxyl groups is 1. The molecule has 4 rings (SSSR count). The SMILES string of the molecule is CSC(C)(C)C[C@H](C)N[C@@H](C)C12C[C@@H]3C[C@H](CC(O)(C3)C1)C2. The van der Waals surface area contributed by atoms with Gasteiger partial charge in [0, 0.05) is 16.8 Å². The molecule has 0 aromatic carbocycles. The maximum Gasteiger partial charge on any atom is 0.0659 e. The van der Waals surface area contributed by atoms with Gasteiger partial charge in [0.2, 0.25) is 0 Å². The Morgan fingerprint density at radius 1 is 1.18 bits per heavy atom. The monoisotopic (exact) mass is 325 g/mol. The molecule has 4 fully saturated rings. The smallest absolute Gasteiger partial charge is 0.0659 e. The second-order valence-electron chi connectivity index (χ2n) is 9.51. The van der Waals surface area contributed by atoms with Crippen LogP contribution in [0.25, 0.3) is 0 Å². The topological polar surface area (TPSA) is 32.3 Å². The number of hydrogen-bond donors (Lipinski definition) is 2. The molecule has 0 amide bonds. The predicted octanol–water partition coefficient (Wildman–Crippen LogP) is 4.22. The molecule has 22 heavy (non-hydrogen) atoms. The molecule has 0 heterocycles. The minimum Gasteiger partial charge on any atom is -0.390 e. The van der Waals surface area contributed by atoms with Crippen molar-refractivity contribution in [2.24, 2.45) is 17.3 Å². The summed E-state index contributed by atoms with van der Waals surface area (Å²) in [5, 5.41) is 14.9. The fourth-order valence-corrected chi connectivity index (χ4v) is 6.69. The molecule has 0 saturated heterocycles. The van der Waals surface area contributed by atoms with E-state index in [1.165, 1.54) is 25.7 Å². The van der Waals surface area contributed by atoms with Crippen LogP contribution in [0.2, 0.25) is 0 Å². The molecule has 4 bridgehead atoms. The molecule has 0 aromatic heterocycles. The normalized spacial score (nSPS) is 43.4. The quantitative estimate of drug-likeness (QED) is 0.767. The Balaban J connectivity index is 1.66.